The largest absolute Gasteiger partial charge is 0.366 e. The molecular weight excluding hydrogens is 274 g/mol. The number of carbonyl (C=O) groups is 2. The molecule has 1 aliphatic rings. The molecule has 0 aliphatic heterocycles. The van der Waals surface area contributed by atoms with Crippen LogP contribution < -0.4 is 16.4 Å². The van der Waals surface area contributed by atoms with Crippen LogP contribution in [0.1, 0.15) is 36.0 Å². The Morgan fingerprint density at radius 2 is 1.75 bits per heavy atom. The SMILES string of the molecule is NC(=O)c1ccc(NC(=S)NC(=O)C2CCCC2)cc1. The van der Waals surface area contributed by atoms with E-state index in [2.05, 4.69) is 10.6 Å². The van der Waals surface area contributed by atoms with E-state index in [1.165, 1.54) is 0 Å². The quantitative estimate of drug-likeness (QED) is 0.741. The van der Waals surface area contributed by atoms with Crippen LogP contribution in [-0.4, -0.2) is 16.9 Å². The molecule has 0 aromatic heterocycles. The molecule has 2 amide bonds. The van der Waals surface area contributed by atoms with Crippen molar-refractivity contribution in [3.63, 3.8) is 0 Å². The number of nitrogens with one attached hydrogen (secondary N) is 2. The fourth-order valence-electron chi connectivity index (χ4n) is 2.28. The molecule has 1 aliphatic carbocycles. The van der Waals surface area contributed by atoms with Gasteiger partial charge in [-0.15, -0.1) is 0 Å². The van der Waals surface area contributed by atoms with Crippen molar-refractivity contribution >= 4 is 34.8 Å². The highest BCUT2D eigenvalue weighted by Crippen LogP contribution is 2.24. The number of nitrogens with two attached hydrogens (primary N) is 1. The molecule has 0 heterocycles. The Labute approximate surface area is 122 Å². The van der Waals surface area contributed by atoms with E-state index in [0.717, 1.165) is 25.7 Å². The highest BCUT2D eigenvalue weighted by Gasteiger charge is 2.23. The number of hydrogen-bond donors (Lipinski definition) is 3. The molecule has 106 valence electrons. The van der Waals surface area contributed by atoms with Gasteiger partial charge in [-0.3, -0.25) is 9.59 Å². The van der Waals surface area contributed by atoms with Crippen molar-refractivity contribution in [1.29, 1.82) is 0 Å². The normalized spacial score (nSPS) is 14.8. The Hall–Kier alpha value is -1.95. The number of primary amides is 1. The van der Waals surface area contributed by atoms with Gasteiger partial charge in [-0.2, -0.15) is 0 Å². The smallest absolute Gasteiger partial charge is 0.248 e. The maximum atomic E-state index is 11.9. The van der Waals surface area contributed by atoms with Gasteiger partial charge in [0.1, 0.15) is 0 Å². The molecule has 6 heteroatoms. The number of carbonyl (C=O) groups excluding carboxylic acids is 2. The molecular formula is C14H17N3O2S. The fourth-order valence-corrected chi connectivity index (χ4v) is 2.50. The molecule has 0 unspecified atom stereocenters. The van der Waals surface area contributed by atoms with Gasteiger partial charge in [-0.05, 0) is 49.3 Å². The van der Waals surface area contributed by atoms with Gasteiger partial charge < -0.3 is 16.4 Å². The first-order valence-corrected chi connectivity index (χ1v) is 6.99. The van der Waals surface area contributed by atoms with Crippen molar-refractivity contribution in [1.82, 2.24) is 5.32 Å². The fraction of sp³-hybridized carbons (Fsp3) is 0.357. The summed E-state index contributed by atoms with van der Waals surface area (Å²) in [4.78, 5) is 22.8. The van der Waals surface area contributed by atoms with Crippen molar-refractivity contribution in [2.24, 2.45) is 11.7 Å². The maximum Gasteiger partial charge on any atom is 0.248 e. The van der Waals surface area contributed by atoms with Crippen molar-refractivity contribution in [2.45, 2.75) is 25.7 Å². The van der Waals surface area contributed by atoms with Gasteiger partial charge in [0.2, 0.25) is 11.8 Å². The molecule has 4 N–H and O–H groups in total. The topological polar surface area (TPSA) is 84.2 Å². The predicted octanol–water partition coefficient (Wildman–Crippen LogP) is 1.79. The van der Waals surface area contributed by atoms with Crippen LogP contribution in [0.5, 0.6) is 0 Å². The number of amides is 2. The molecule has 1 aromatic carbocycles. The van der Waals surface area contributed by atoms with Crippen LogP contribution in [-0.2, 0) is 4.79 Å². The van der Waals surface area contributed by atoms with Gasteiger partial charge in [-0.1, -0.05) is 12.8 Å². The molecule has 1 fully saturated rings. The standard InChI is InChI=1S/C14H17N3O2S/c15-12(18)9-5-7-11(8-6-9)16-14(20)17-13(19)10-3-1-2-4-10/h5-8,10H,1-4H2,(H2,15,18)(H2,16,17,19,20). The molecule has 1 saturated carbocycles. The molecule has 5 nitrogen and oxygen atoms in total. The first kappa shape index (κ1) is 14.5. The Balaban J connectivity index is 1.87. The first-order valence-electron chi connectivity index (χ1n) is 6.58. The second-order valence-electron chi connectivity index (χ2n) is 4.87. The first-order chi connectivity index (χ1) is 9.56. The molecule has 1 aromatic rings. The van der Waals surface area contributed by atoms with E-state index in [1.54, 1.807) is 24.3 Å². The number of anilines is 1. The average Bonchev–Trinajstić information content (AvgIpc) is 2.93. The van der Waals surface area contributed by atoms with Crippen LogP contribution in [0.2, 0.25) is 0 Å². The summed E-state index contributed by atoms with van der Waals surface area (Å²) in [6.45, 7) is 0. The van der Waals surface area contributed by atoms with E-state index in [-0.39, 0.29) is 16.9 Å². The van der Waals surface area contributed by atoms with Gasteiger partial charge >= 0.3 is 0 Å². The van der Waals surface area contributed by atoms with Crippen LogP contribution in [0.4, 0.5) is 5.69 Å². The zero-order valence-corrected chi connectivity index (χ0v) is 11.8. The Morgan fingerprint density at radius 3 is 2.30 bits per heavy atom. The predicted molar refractivity (Wildman–Crippen MR) is 81.3 cm³/mol. The van der Waals surface area contributed by atoms with Crippen molar-refractivity contribution in [3.8, 4) is 0 Å². The van der Waals surface area contributed by atoms with E-state index < -0.39 is 5.91 Å². The summed E-state index contributed by atoms with van der Waals surface area (Å²) in [6, 6.07) is 6.58. The maximum absolute atomic E-state index is 11.9. The van der Waals surface area contributed by atoms with Gasteiger partial charge in [-0.25, -0.2) is 0 Å². The third-order valence-electron chi connectivity index (χ3n) is 3.39. The van der Waals surface area contributed by atoms with Crippen molar-refractivity contribution in [3.05, 3.63) is 29.8 Å². The minimum atomic E-state index is -0.478. The van der Waals surface area contributed by atoms with Gasteiger partial charge in [0.05, 0.1) is 0 Å². The van der Waals surface area contributed by atoms with Gasteiger partial charge in [0.25, 0.3) is 0 Å². The van der Waals surface area contributed by atoms with Crippen molar-refractivity contribution in [2.75, 3.05) is 5.32 Å². The Bertz CT molecular complexity index is 522. The lowest BCUT2D eigenvalue weighted by atomic mass is 10.1. The third-order valence-corrected chi connectivity index (χ3v) is 3.59. The third kappa shape index (κ3) is 3.77. The molecule has 0 spiro atoms. The van der Waals surface area contributed by atoms with Crippen LogP contribution in [0.3, 0.4) is 0 Å². The monoisotopic (exact) mass is 291 g/mol. The second kappa shape index (κ2) is 6.47. The molecule has 2 rings (SSSR count). The second-order valence-corrected chi connectivity index (χ2v) is 5.27. The minimum Gasteiger partial charge on any atom is -0.366 e. The molecule has 0 bridgehead atoms. The summed E-state index contributed by atoms with van der Waals surface area (Å²) in [5, 5.41) is 5.88. The van der Waals surface area contributed by atoms with Crippen LogP contribution in [0.15, 0.2) is 24.3 Å². The lowest BCUT2D eigenvalue weighted by Crippen LogP contribution is -2.37. The summed E-state index contributed by atoms with van der Waals surface area (Å²) in [6.07, 6.45) is 4.07. The van der Waals surface area contributed by atoms with Crippen LogP contribution in [0.25, 0.3) is 0 Å². The summed E-state index contributed by atoms with van der Waals surface area (Å²) in [5.74, 6) is -0.422. The average molecular weight is 291 g/mol. The minimum absolute atomic E-state index is 0.0197. The molecule has 0 saturated heterocycles. The van der Waals surface area contributed by atoms with E-state index >= 15 is 0 Å². The van der Waals surface area contributed by atoms with Crippen molar-refractivity contribution < 1.29 is 9.59 Å². The molecule has 20 heavy (non-hydrogen) atoms. The zero-order chi connectivity index (χ0) is 14.5. The Kier molecular flexibility index (Phi) is 4.68. The molecule has 0 radical (unpaired) electrons. The van der Waals surface area contributed by atoms with E-state index in [4.69, 9.17) is 18.0 Å². The van der Waals surface area contributed by atoms with E-state index in [1.807, 2.05) is 0 Å². The summed E-state index contributed by atoms with van der Waals surface area (Å²) >= 11 is 5.10. The van der Waals surface area contributed by atoms with Gasteiger partial charge in [0.15, 0.2) is 5.11 Å². The van der Waals surface area contributed by atoms with E-state index in [9.17, 15) is 9.59 Å². The number of hydrogen-bond acceptors (Lipinski definition) is 3. The van der Waals surface area contributed by atoms with Crippen LogP contribution in [0, 0.1) is 5.92 Å². The zero-order valence-electron chi connectivity index (χ0n) is 11.0. The number of rotatable bonds is 3. The molecule has 0 atom stereocenters. The number of benzene rings is 1. The van der Waals surface area contributed by atoms with Gasteiger partial charge in [0, 0.05) is 17.2 Å². The highest BCUT2D eigenvalue weighted by atomic mass is 32.1. The summed E-state index contributed by atoms with van der Waals surface area (Å²) in [5.41, 5.74) is 6.29. The Morgan fingerprint density at radius 1 is 1.15 bits per heavy atom. The summed E-state index contributed by atoms with van der Waals surface area (Å²) in [7, 11) is 0. The lowest BCUT2D eigenvalue weighted by molar-refractivity contribution is -0.123. The lowest BCUT2D eigenvalue weighted by Gasteiger charge is -2.12. The van der Waals surface area contributed by atoms with Crippen LogP contribution >= 0.6 is 12.2 Å². The van der Waals surface area contributed by atoms with E-state index in [0.29, 0.717) is 11.3 Å². The summed E-state index contributed by atoms with van der Waals surface area (Å²) < 4.78 is 0. The number of thiocarbonyl (C=S) groups is 1. The highest BCUT2D eigenvalue weighted by molar-refractivity contribution is 7.80.